The van der Waals surface area contributed by atoms with Gasteiger partial charge in [-0.15, -0.1) is 0 Å². The quantitative estimate of drug-likeness (QED) is 0.648. The molecule has 0 fully saturated rings. The number of nitrogens with zero attached hydrogens (tertiary/aromatic N) is 2. The second-order valence-electron chi connectivity index (χ2n) is 4.66. The van der Waals surface area contributed by atoms with Crippen LogP contribution in [-0.4, -0.2) is 29.1 Å². The fraction of sp³-hybridized carbons (Fsp3) is 0.125. The summed E-state index contributed by atoms with van der Waals surface area (Å²) in [4.78, 5) is 27.2. The number of hydrogen-bond donors (Lipinski definition) is 2. The topological polar surface area (TPSA) is 83.5 Å². The third-order valence-electron chi connectivity index (χ3n) is 2.94. The summed E-state index contributed by atoms with van der Waals surface area (Å²) in [5, 5.41) is 6.37. The van der Waals surface area contributed by atoms with Gasteiger partial charge in [0.25, 0.3) is 11.8 Å². The Morgan fingerprint density at radius 3 is 2.57 bits per heavy atom. The first-order chi connectivity index (χ1) is 11.1. The lowest BCUT2D eigenvalue weighted by atomic mass is 10.1. The van der Waals surface area contributed by atoms with Crippen LogP contribution in [-0.2, 0) is 4.79 Å². The predicted molar refractivity (Wildman–Crippen MR) is 83.3 cm³/mol. The van der Waals surface area contributed by atoms with Crippen LogP contribution >= 0.6 is 0 Å². The lowest BCUT2D eigenvalue weighted by Gasteiger charge is -2.05. The number of rotatable bonds is 5. The minimum absolute atomic E-state index is 0.214. The molecule has 0 saturated carbocycles. The molecule has 0 unspecified atom stereocenters. The third-order valence-corrected chi connectivity index (χ3v) is 2.94. The van der Waals surface area contributed by atoms with Gasteiger partial charge in [-0.1, -0.05) is 12.1 Å². The van der Waals surface area contributed by atoms with Crippen LogP contribution in [0.3, 0.4) is 0 Å². The first-order valence-electron chi connectivity index (χ1n) is 6.83. The van der Waals surface area contributed by atoms with Crippen LogP contribution in [0.25, 0.3) is 0 Å². The molecule has 0 aliphatic heterocycles. The number of nitrogens with one attached hydrogen (secondary N) is 2. The molecule has 1 aromatic heterocycles. The number of aromatic nitrogens is 1. The molecule has 0 atom stereocenters. The second kappa shape index (κ2) is 7.79. The summed E-state index contributed by atoms with van der Waals surface area (Å²) >= 11 is 0. The highest BCUT2D eigenvalue weighted by Crippen LogP contribution is 2.03. The van der Waals surface area contributed by atoms with Gasteiger partial charge in [-0.2, -0.15) is 5.10 Å². The van der Waals surface area contributed by atoms with Crippen LogP contribution in [0.2, 0.25) is 0 Å². The van der Waals surface area contributed by atoms with Gasteiger partial charge < -0.3 is 5.32 Å². The molecule has 0 aliphatic carbocycles. The smallest absolute Gasteiger partial charge is 0.259 e. The van der Waals surface area contributed by atoms with E-state index in [2.05, 4.69) is 20.8 Å². The number of halogens is 1. The van der Waals surface area contributed by atoms with Crippen molar-refractivity contribution < 1.29 is 14.0 Å². The first kappa shape index (κ1) is 16.3. The minimum Gasteiger partial charge on any atom is -0.343 e. The van der Waals surface area contributed by atoms with Crippen molar-refractivity contribution in [1.82, 2.24) is 15.7 Å². The van der Waals surface area contributed by atoms with E-state index in [4.69, 9.17) is 0 Å². The summed E-state index contributed by atoms with van der Waals surface area (Å²) < 4.78 is 12.8. The van der Waals surface area contributed by atoms with Gasteiger partial charge in [-0.3, -0.25) is 14.6 Å². The van der Waals surface area contributed by atoms with Gasteiger partial charge >= 0.3 is 0 Å². The van der Waals surface area contributed by atoms with Crippen molar-refractivity contribution in [3.05, 3.63) is 65.7 Å². The molecule has 1 aromatic carbocycles. The number of hydrogen-bond acceptors (Lipinski definition) is 4. The van der Waals surface area contributed by atoms with Crippen molar-refractivity contribution in [2.45, 2.75) is 6.92 Å². The SMILES string of the molecule is C/C(=N\NC(=O)CNC(=O)c1cccnc1)c1ccc(F)cc1. The van der Waals surface area contributed by atoms with E-state index in [1.54, 1.807) is 37.4 Å². The monoisotopic (exact) mass is 314 g/mol. The molecule has 2 rings (SSSR count). The second-order valence-corrected chi connectivity index (χ2v) is 4.66. The maximum Gasteiger partial charge on any atom is 0.259 e. The van der Waals surface area contributed by atoms with E-state index in [0.29, 0.717) is 16.8 Å². The highest BCUT2D eigenvalue weighted by Gasteiger charge is 2.07. The summed E-state index contributed by atoms with van der Waals surface area (Å²) in [7, 11) is 0. The zero-order chi connectivity index (χ0) is 16.7. The molecule has 118 valence electrons. The normalized spacial score (nSPS) is 11.0. The molecule has 7 heteroatoms. The van der Waals surface area contributed by atoms with Crippen molar-refractivity contribution in [1.29, 1.82) is 0 Å². The van der Waals surface area contributed by atoms with Crippen LogP contribution in [0.1, 0.15) is 22.8 Å². The summed E-state index contributed by atoms with van der Waals surface area (Å²) in [6, 6.07) is 8.96. The van der Waals surface area contributed by atoms with Crippen LogP contribution in [0.15, 0.2) is 53.9 Å². The Hall–Kier alpha value is -3.09. The Morgan fingerprint density at radius 1 is 1.17 bits per heavy atom. The Balaban J connectivity index is 1.84. The van der Waals surface area contributed by atoms with E-state index >= 15 is 0 Å². The van der Waals surface area contributed by atoms with Crippen LogP contribution in [0, 0.1) is 5.82 Å². The average molecular weight is 314 g/mol. The van der Waals surface area contributed by atoms with Gasteiger partial charge in [-0.25, -0.2) is 9.82 Å². The van der Waals surface area contributed by atoms with Crippen molar-refractivity contribution in [3.8, 4) is 0 Å². The number of amides is 2. The van der Waals surface area contributed by atoms with Gasteiger partial charge in [0, 0.05) is 12.4 Å². The number of pyridine rings is 1. The fourth-order valence-corrected chi connectivity index (χ4v) is 1.70. The van der Waals surface area contributed by atoms with Crippen molar-refractivity contribution in [2.75, 3.05) is 6.54 Å². The molecule has 2 N–H and O–H groups in total. The Bertz CT molecular complexity index is 715. The van der Waals surface area contributed by atoms with E-state index in [9.17, 15) is 14.0 Å². The minimum atomic E-state index is -0.469. The largest absolute Gasteiger partial charge is 0.343 e. The average Bonchev–Trinajstić information content (AvgIpc) is 2.59. The molecular formula is C16H15FN4O2. The molecule has 0 spiro atoms. The zero-order valence-electron chi connectivity index (χ0n) is 12.4. The van der Waals surface area contributed by atoms with Crippen LogP contribution in [0.4, 0.5) is 4.39 Å². The summed E-state index contributed by atoms with van der Waals surface area (Å²) in [5.41, 5.74) is 3.91. The maximum absolute atomic E-state index is 12.8. The van der Waals surface area contributed by atoms with Gasteiger partial charge in [0.1, 0.15) is 5.82 Å². The van der Waals surface area contributed by atoms with E-state index in [1.165, 1.54) is 18.3 Å². The van der Waals surface area contributed by atoms with Crippen molar-refractivity contribution >= 4 is 17.5 Å². The van der Waals surface area contributed by atoms with E-state index in [0.717, 1.165) is 0 Å². The predicted octanol–water partition coefficient (Wildman–Crippen LogP) is 1.49. The molecule has 6 nitrogen and oxygen atoms in total. The summed E-state index contributed by atoms with van der Waals surface area (Å²) in [6.45, 7) is 1.47. The highest BCUT2D eigenvalue weighted by atomic mass is 19.1. The van der Waals surface area contributed by atoms with Gasteiger partial charge in [0.05, 0.1) is 17.8 Å². The molecular weight excluding hydrogens is 299 g/mol. The molecule has 23 heavy (non-hydrogen) atoms. The number of carbonyl (C=O) groups is 2. The number of hydrazone groups is 1. The lowest BCUT2D eigenvalue weighted by Crippen LogP contribution is -2.35. The van der Waals surface area contributed by atoms with E-state index in [1.807, 2.05) is 0 Å². The summed E-state index contributed by atoms with van der Waals surface area (Å²) in [6.07, 6.45) is 2.96. The number of carbonyl (C=O) groups excluding carboxylic acids is 2. The zero-order valence-corrected chi connectivity index (χ0v) is 12.4. The molecule has 0 saturated heterocycles. The Labute approximate surface area is 132 Å². The molecule has 2 aromatic rings. The number of benzene rings is 1. The standard InChI is InChI=1S/C16H15FN4O2/c1-11(12-4-6-14(17)7-5-12)20-21-15(22)10-19-16(23)13-3-2-8-18-9-13/h2-9H,10H2,1H3,(H,19,23)(H,21,22)/b20-11+. The Kier molecular flexibility index (Phi) is 5.51. The highest BCUT2D eigenvalue weighted by molar-refractivity contribution is 5.99. The van der Waals surface area contributed by atoms with Crippen molar-refractivity contribution in [2.24, 2.45) is 5.10 Å². The summed E-state index contributed by atoms with van der Waals surface area (Å²) in [5.74, 6) is -1.21. The maximum atomic E-state index is 12.8. The molecule has 2 amide bonds. The molecule has 0 bridgehead atoms. The van der Waals surface area contributed by atoms with Gasteiger partial charge in [-0.05, 0) is 36.8 Å². The van der Waals surface area contributed by atoms with Crippen LogP contribution < -0.4 is 10.7 Å². The lowest BCUT2D eigenvalue weighted by molar-refractivity contribution is -0.120. The van der Waals surface area contributed by atoms with E-state index in [-0.39, 0.29) is 12.4 Å². The third kappa shape index (κ3) is 4.99. The first-order valence-corrected chi connectivity index (χ1v) is 6.83. The molecule has 0 radical (unpaired) electrons. The van der Waals surface area contributed by atoms with E-state index < -0.39 is 11.8 Å². The fourth-order valence-electron chi connectivity index (χ4n) is 1.70. The molecule has 0 aliphatic rings. The Morgan fingerprint density at radius 2 is 1.91 bits per heavy atom. The van der Waals surface area contributed by atoms with Crippen LogP contribution in [0.5, 0.6) is 0 Å². The van der Waals surface area contributed by atoms with Crippen molar-refractivity contribution in [3.63, 3.8) is 0 Å². The van der Waals surface area contributed by atoms with Gasteiger partial charge in [0.2, 0.25) is 0 Å². The van der Waals surface area contributed by atoms with Gasteiger partial charge in [0.15, 0.2) is 0 Å². The molecule has 1 heterocycles.